The van der Waals surface area contributed by atoms with E-state index in [0.29, 0.717) is 28.5 Å². The average molecular weight is 601 g/mol. The standard InChI is InChI=1S/C37H32N2O6/c1-23-17-32-34(24(2)29(35(40)44-32)19-25-11-5-3-6-12-25)33(18-23)45-36(41)31(20-27-21-38-30-16-10-9-15-28(27)30)39-37(42)43-22-26-13-7-4-8-14-26/h3-18,21,31,38H,19-20,22H2,1-2H3,(H,39,42). The van der Waals surface area contributed by atoms with E-state index in [9.17, 15) is 14.4 Å². The Balaban J connectivity index is 1.32. The number of carbonyl (C=O) groups excluding carboxylic acids is 2. The molecule has 1 unspecified atom stereocenters. The minimum absolute atomic E-state index is 0.0481. The molecule has 0 aliphatic heterocycles. The number of benzene rings is 4. The Morgan fingerprint density at radius 3 is 2.33 bits per heavy atom. The second-order valence-electron chi connectivity index (χ2n) is 11.0. The maximum absolute atomic E-state index is 13.9. The number of aromatic nitrogens is 1. The van der Waals surface area contributed by atoms with E-state index < -0.39 is 23.7 Å². The Hall–Kier alpha value is -5.63. The molecule has 45 heavy (non-hydrogen) atoms. The number of aromatic amines is 1. The first kappa shape index (κ1) is 29.4. The summed E-state index contributed by atoms with van der Waals surface area (Å²) in [5.41, 5.74) is 5.28. The van der Waals surface area contributed by atoms with Gasteiger partial charge in [0.2, 0.25) is 0 Å². The Morgan fingerprint density at radius 1 is 0.889 bits per heavy atom. The van der Waals surface area contributed by atoms with Crippen LogP contribution in [0.2, 0.25) is 0 Å². The monoisotopic (exact) mass is 600 g/mol. The van der Waals surface area contributed by atoms with E-state index in [2.05, 4.69) is 10.3 Å². The lowest BCUT2D eigenvalue weighted by molar-refractivity contribution is -0.136. The fourth-order valence-electron chi connectivity index (χ4n) is 5.52. The number of esters is 1. The summed E-state index contributed by atoms with van der Waals surface area (Å²) in [7, 11) is 0. The van der Waals surface area contributed by atoms with Gasteiger partial charge in [0.1, 0.15) is 24.0 Å². The van der Waals surface area contributed by atoms with Gasteiger partial charge in [-0.2, -0.15) is 0 Å². The zero-order valence-corrected chi connectivity index (χ0v) is 25.0. The molecule has 1 amide bonds. The van der Waals surface area contributed by atoms with E-state index in [1.165, 1.54) is 0 Å². The van der Waals surface area contributed by atoms with Gasteiger partial charge in [-0.25, -0.2) is 14.4 Å². The van der Waals surface area contributed by atoms with E-state index >= 15 is 0 Å². The van der Waals surface area contributed by atoms with E-state index in [1.54, 1.807) is 12.1 Å². The van der Waals surface area contributed by atoms with Crippen molar-refractivity contribution in [1.29, 1.82) is 0 Å². The first-order valence-electron chi connectivity index (χ1n) is 14.7. The summed E-state index contributed by atoms with van der Waals surface area (Å²) in [5.74, 6) is -0.437. The predicted octanol–water partition coefficient (Wildman–Crippen LogP) is 6.93. The van der Waals surface area contributed by atoms with Gasteiger partial charge in [0.25, 0.3) is 0 Å². The number of rotatable bonds is 9. The number of amides is 1. The summed E-state index contributed by atoms with van der Waals surface area (Å²) >= 11 is 0. The molecule has 0 aliphatic rings. The number of para-hydroxylation sites is 1. The van der Waals surface area contributed by atoms with Gasteiger partial charge in [-0.05, 0) is 59.9 Å². The third-order valence-electron chi connectivity index (χ3n) is 7.81. The lowest BCUT2D eigenvalue weighted by Crippen LogP contribution is -2.44. The van der Waals surface area contributed by atoms with Crippen molar-refractivity contribution < 1.29 is 23.5 Å². The first-order chi connectivity index (χ1) is 21.9. The normalized spacial score (nSPS) is 11.8. The molecule has 0 saturated carbocycles. The highest BCUT2D eigenvalue weighted by Gasteiger charge is 2.27. The molecular formula is C37H32N2O6. The van der Waals surface area contributed by atoms with Gasteiger partial charge in [-0.1, -0.05) is 78.9 Å². The molecule has 0 fully saturated rings. The number of hydrogen-bond donors (Lipinski definition) is 2. The molecule has 0 radical (unpaired) electrons. The molecule has 226 valence electrons. The van der Waals surface area contributed by atoms with Gasteiger partial charge in [-0.3, -0.25) is 0 Å². The molecule has 4 aromatic carbocycles. The highest BCUT2D eigenvalue weighted by molar-refractivity contribution is 5.92. The van der Waals surface area contributed by atoms with E-state index in [0.717, 1.165) is 33.2 Å². The highest BCUT2D eigenvalue weighted by atomic mass is 16.6. The lowest BCUT2D eigenvalue weighted by Gasteiger charge is -2.19. The molecule has 2 heterocycles. The summed E-state index contributed by atoms with van der Waals surface area (Å²) in [6, 6.07) is 29.0. The molecule has 0 bridgehead atoms. The molecule has 0 aliphatic carbocycles. The van der Waals surface area contributed by atoms with Gasteiger partial charge in [-0.15, -0.1) is 0 Å². The van der Waals surface area contributed by atoms with Crippen LogP contribution in [0, 0.1) is 13.8 Å². The third kappa shape index (κ3) is 6.65. The molecule has 8 nitrogen and oxygen atoms in total. The maximum atomic E-state index is 13.9. The SMILES string of the molecule is Cc1cc(OC(=O)C(Cc2c[nH]c3ccccc23)NC(=O)OCc2ccccc2)c2c(C)c(Cc3ccccc3)c(=O)oc2c1. The Morgan fingerprint density at radius 2 is 1.58 bits per heavy atom. The van der Waals surface area contributed by atoms with Crippen LogP contribution in [0.1, 0.15) is 33.4 Å². The molecule has 0 saturated heterocycles. The summed E-state index contributed by atoms with van der Waals surface area (Å²) in [5, 5.41) is 4.17. The molecule has 6 rings (SSSR count). The third-order valence-corrected chi connectivity index (χ3v) is 7.81. The van der Waals surface area contributed by atoms with E-state index in [-0.39, 0.29) is 18.8 Å². The van der Waals surface area contributed by atoms with Crippen LogP contribution in [-0.4, -0.2) is 23.1 Å². The quantitative estimate of drug-likeness (QED) is 0.106. The fourth-order valence-corrected chi connectivity index (χ4v) is 5.52. The minimum atomic E-state index is -1.08. The molecule has 2 N–H and O–H groups in total. The zero-order valence-electron chi connectivity index (χ0n) is 25.0. The number of nitrogens with one attached hydrogen (secondary N) is 2. The maximum Gasteiger partial charge on any atom is 0.408 e. The number of aryl methyl sites for hydroxylation is 2. The smallest absolute Gasteiger partial charge is 0.408 e. The van der Waals surface area contributed by atoms with Gasteiger partial charge >= 0.3 is 17.7 Å². The largest absolute Gasteiger partial charge is 0.445 e. The molecule has 0 spiro atoms. The van der Waals surface area contributed by atoms with Crippen LogP contribution in [0.15, 0.2) is 112 Å². The fraction of sp³-hybridized carbons (Fsp3) is 0.162. The van der Waals surface area contributed by atoms with Gasteiger partial charge < -0.3 is 24.2 Å². The van der Waals surface area contributed by atoms with Crippen LogP contribution in [0.5, 0.6) is 5.75 Å². The van der Waals surface area contributed by atoms with Crippen molar-refractivity contribution >= 4 is 33.9 Å². The van der Waals surface area contributed by atoms with Crippen molar-refractivity contribution in [1.82, 2.24) is 10.3 Å². The van der Waals surface area contributed by atoms with Crippen LogP contribution < -0.4 is 15.7 Å². The Labute approximate surface area is 259 Å². The van der Waals surface area contributed by atoms with Crippen molar-refractivity contribution in [2.45, 2.75) is 39.3 Å². The Kier molecular flexibility index (Phi) is 8.46. The highest BCUT2D eigenvalue weighted by Crippen LogP contribution is 2.32. The summed E-state index contributed by atoms with van der Waals surface area (Å²) in [6.07, 6.45) is 1.59. The number of alkyl carbamates (subject to hydrolysis) is 1. The second kappa shape index (κ2) is 12.9. The number of H-pyrrole nitrogens is 1. The van der Waals surface area contributed by atoms with Crippen molar-refractivity contribution in [3.63, 3.8) is 0 Å². The number of carbonyl (C=O) groups is 2. The molecule has 1 atom stereocenters. The molecule has 6 aromatic rings. The van der Waals surface area contributed by atoms with E-state index in [1.807, 2.05) is 105 Å². The lowest BCUT2D eigenvalue weighted by atomic mass is 9.98. The van der Waals surface area contributed by atoms with Crippen molar-refractivity contribution in [2.24, 2.45) is 0 Å². The number of hydrogen-bond acceptors (Lipinski definition) is 6. The first-order valence-corrected chi connectivity index (χ1v) is 14.7. The molecule has 8 heteroatoms. The van der Waals surface area contributed by atoms with E-state index in [4.69, 9.17) is 13.9 Å². The van der Waals surface area contributed by atoms with Crippen molar-refractivity contribution in [2.75, 3.05) is 0 Å². The predicted molar refractivity (Wildman–Crippen MR) is 172 cm³/mol. The van der Waals surface area contributed by atoms with Crippen LogP contribution in [0.4, 0.5) is 4.79 Å². The summed E-state index contributed by atoms with van der Waals surface area (Å²) < 4.78 is 17.2. The summed E-state index contributed by atoms with van der Waals surface area (Å²) in [4.78, 5) is 43.1. The van der Waals surface area contributed by atoms with Crippen LogP contribution in [-0.2, 0) is 29.0 Å². The second-order valence-corrected chi connectivity index (χ2v) is 11.0. The van der Waals surface area contributed by atoms with Crippen LogP contribution in [0.3, 0.4) is 0 Å². The Bertz CT molecular complexity index is 2050. The van der Waals surface area contributed by atoms with Crippen molar-refractivity contribution in [3.05, 3.63) is 147 Å². The van der Waals surface area contributed by atoms with Crippen molar-refractivity contribution in [3.8, 4) is 5.75 Å². The molecular weight excluding hydrogens is 568 g/mol. The average Bonchev–Trinajstić information content (AvgIpc) is 3.45. The van der Waals surface area contributed by atoms with Gasteiger partial charge in [0.05, 0.1) is 5.39 Å². The zero-order chi connectivity index (χ0) is 31.3. The minimum Gasteiger partial charge on any atom is -0.445 e. The number of ether oxygens (including phenoxy) is 2. The van der Waals surface area contributed by atoms with Crippen LogP contribution >= 0.6 is 0 Å². The van der Waals surface area contributed by atoms with Crippen LogP contribution in [0.25, 0.3) is 21.9 Å². The topological polar surface area (TPSA) is 111 Å². The van der Waals surface area contributed by atoms with Gasteiger partial charge in [0.15, 0.2) is 0 Å². The summed E-state index contributed by atoms with van der Waals surface area (Å²) in [6.45, 7) is 3.70. The molecule has 2 aromatic heterocycles. The van der Waals surface area contributed by atoms with Gasteiger partial charge in [0, 0.05) is 35.5 Å². The number of fused-ring (bicyclic) bond motifs is 2.